The summed E-state index contributed by atoms with van der Waals surface area (Å²) >= 11 is 1.49. The van der Waals surface area contributed by atoms with Gasteiger partial charge in [0.15, 0.2) is 0 Å². The number of nitrogens with one attached hydrogen (secondary N) is 1. The third-order valence-corrected chi connectivity index (χ3v) is 5.58. The van der Waals surface area contributed by atoms with Crippen LogP contribution in [0.1, 0.15) is 64.8 Å². The lowest BCUT2D eigenvalue weighted by Crippen LogP contribution is -2.17. The summed E-state index contributed by atoms with van der Waals surface area (Å²) in [5.41, 5.74) is 2.09. The Kier molecular flexibility index (Phi) is 6.16. The molecule has 0 radical (unpaired) electrons. The Labute approximate surface area is 163 Å². The SMILES string of the molecule is CCOc1ccc(C(=O)Nc2sc3c(c2C(=O)OC(C)C)CCCC3)cc1. The zero-order valence-corrected chi connectivity index (χ0v) is 16.8. The average molecular weight is 388 g/mol. The molecule has 0 atom stereocenters. The van der Waals surface area contributed by atoms with Crippen molar-refractivity contribution in [3.8, 4) is 5.75 Å². The van der Waals surface area contributed by atoms with Gasteiger partial charge in [0.05, 0.1) is 18.3 Å². The first kappa shape index (κ1) is 19.4. The van der Waals surface area contributed by atoms with Gasteiger partial charge >= 0.3 is 5.97 Å². The van der Waals surface area contributed by atoms with Gasteiger partial charge < -0.3 is 14.8 Å². The van der Waals surface area contributed by atoms with Crippen molar-refractivity contribution in [1.82, 2.24) is 0 Å². The fourth-order valence-corrected chi connectivity index (χ4v) is 4.46. The van der Waals surface area contributed by atoms with E-state index in [9.17, 15) is 9.59 Å². The molecule has 6 heteroatoms. The molecule has 1 aromatic carbocycles. The number of hydrogen-bond donors (Lipinski definition) is 1. The maximum Gasteiger partial charge on any atom is 0.341 e. The fourth-order valence-electron chi connectivity index (χ4n) is 3.19. The molecule has 0 spiro atoms. The molecule has 0 saturated heterocycles. The highest BCUT2D eigenvalue weighted by Crippen LogP contribution is 2.39. The first-order valence-electron chi connectivity index (χ1n) is 9.39. The fraction of sp³-hybridized carbons (Fsp3) is 0.429. The highest BCUT2D eigenvalue weighted by atomic mass is 32.1. The molecule has 0 saturated carbocycles. The summed E-state index contributed by atoms with van der Waals surface area (Å²) < 4.78 is 10.8. The predicted molar refractivity (Wildman–Crippen MR) is 107 cm³/mol. The van der Waals surface area contributed by atoms with Crippen molar-refractivity contribution in [3.05, 3.63) is 45.8 Å². The number of hydrogen-bond acceptors (Lipinski definition) is 5. The Balaban J connectivity index is 1.86. The normalized spacial score (nSPS) is 13.2. The number of carbonyl (C=O) groups excluding carboxylic acids is 2. The number of ether oxygens (including phenoxy) is 2. The number of fused-ring (bicyclic) bond motifs is 1. The molecule has 1 aromatic heterocycles. The van der Waals surface area contributed by atoms with Crippen molar-refractivity contribution >= 4 is 28.2 Å². The molecule has 1 heterocycles. The number of thiophene rings is 1. The Hall–Kier alpha value is -2.34. The van der Waals surface area contributed by atoms with Crippen molar-refractivity contribution < 1.29 is 19.1 Å². The number of anilines is 1. The molecular formula is C21H25NO4S. The third kappa shape index (κ3) is 4.50. The van der Waals surface area contributed by atoms with Gasteiger partial charge in [-0.1, -0.05) is 0 Å². The molecule has 1 aliphatic carbocycles. The van der Waals surface area contributed by atoms with E-state index in [1.165, 1.54) is 16.2 Å². The maximum atomic E-state index is 12.7. The van der Waals surface area contributed by atoms with E-state index in [0.29, 0.717) is 22.7 Å². The molecule has 1 aliphatic rings. The van der Waals surface area contributed by atoms with E-state index >= 15 is 0 Å². The van der Waals surface area contributed by atoms with Crippen LogP contribution in [0.15, 0.2) is 24.3 Å². The molecule has 2 aromatic rings. The molecular weight excluding hydrogens is 362 g/mol. The number of rotatable bonds is 6. The van der Waals surface area contributed by atoms with Crippen LogP contribution in [0.2, 0.25) is 0 Å². The monoisotopic (exact) mass is 387 g/mol. The Bertz CT molecular complexity index is 823. The van der Waals surface area contributed by atoms with Gasteiger partial charge in [-0.2, -0.15) is 0 Å². The van der Waals surface area contributed by atoms with Gasteiger partial charge in [-0.05, 0) is 76.3 Å². The van der Waals surface area contributed by atoms with Gasteiger partial charge in [0.1, 0.15) is 10.8 Å². The molecule has 1 N–H and O–H groups in total. The quantitative estimate of drug-likeness (QED) is 0.720. The lowest BCUT2D eigenvalue weighted by Gasteiger charge is -2.14. The zero-order valence-electron chi connectivity index (χ0n) is 16.0. The molecule has 5 nitrogen and oxygen atoms in total. The zero-order chi connectivity index (χ0) is 19.4. The minimum absolute atomic E-state index is 0.202. The number of esters is 1. The second-order valence-electron chi connectivity index (χ2n) is 6.78. The molecule has 1 amide bonds. The lowest BCUT2D eigenvalue weighted by molar-refractivity contribution is 0.0378. The molecule has 27 heavy (non-hydrogen) atoms. The molecule has 0 fully saturated rings. The maximum absolute atomic E-state index is 12.7. The van der Waals surface area contributed by atoms with Crippen LogP contribution in [0.4, 0.5) is 5.00 Å². The molecule has 144 valence electrons. The summed E-state index contributed by atoms with van der Waals surface area (Å²) in [6, 6.07) is 6.98. The first-order chi connectivity index (χ1) is 13.0. The number of benzene rings is 1. The largest absolute Gasteiger partial charge is 0.494 e. The summed E-state index contributed by atoms with van der Waals surface area (Å²) in [6.45, 7) is 6.15. The smallest absolute Gasteiger partial charge is 0.341 e. The van der Waals surface area contributed by atoms with Crippen LogP contribution in [-0.2, 0) is 17.6 Å². The van der Waals surface area contributed by atoms with E-state index in [1.807, 2.05) is 20.8 Å². The standard InChI is InChI=1S/C21H25NO4S/c1-4-25-15-11-9-14(10-12-15)19(23)22-20-18(21(24)26-13(2)3)16-7-5-6-8-17(16)27-20/h9-13H,4-8H2,1-3H3,(H,22,23). The van der Waals surface area contributed by atoms with Crippen LogP contribution in [0.3, 0.4) is 0 Å². The number of carbonyl (C=O) groups is 2. The van der Waals surface area contributed by atoms with Crippen LogP contribution in [0.25, 0.3) is 0 Å². The van der Waals surface area contributed by atoms with Crippen molar-refractivity contribution in [1.29, 1.82) is 0 Å². The van der Waals surface area contributed by atoms with Crippen LogP contribution in [0, 0.1) is 0 Å². The van der Waals surface area contributed by atoms with Crippen molar-refractivity contribution in [3.63, 3.8) is 0 Å². The van der Waals surface area contributed by atoms with E-state index in [2.05, 4.69) is 5.32 Å². The van der Waals surface area contributed by atoms with Crippen molar-refractivity contribution in [2.75, 3.05) is 11.9 Å². The minimum atomic E-state index is -0.355. The second kappa shape index (κ2) is 8.57. The predicted octanol–water partition coefficient (Wildman–Crippen LogP) is 4.84. The van der Waals surface area contributed by atoms with Crippen molar-refractivity contribution in [2.45, 2.75) is 52.6 Å². The van der Waals surface area contributed by atoms with E-state index in [-0.39, 0.29) is 18.0 Å². The highest BCUT2D eigenvalue weighted by molar-refractivity contribution is 7.17. The summed E-state index contributed by atoms with van der Waals surface area (Å²) in [7, 11) is 0. The van der Waals surface area contributed by atoms with Gasteiger partial charge in [-0.25, -0.2) is 4.79 Å². The second-order valence-corrected chi connectivity index (χ2v) is 7.89. The summed E-state index contributed by atoms with van der Waals surface area (Å²) in [6.07, 6.45) is 3.76. The number of amides is 1. The highest BCUT2D eigenvalue weighted by Gasteiger charge is 2.28. The van der Waals surface area contributed by atoms with E-state index in [0.717, 1.165) is 37.0 Å². The molecule has 0 aliphatic heterocycles. The Morgan fingerprint density at radius 1 is 1.15 bits per heavy atom. The molecule has 0 unspecified atom stereocenters. The molecule has 3 rings (SSSR count). The average Bonchev–Trinajstić information content (AvgIpc) is 2.99. The van der Waals surface area contributed by atoms with Crippen LogP contribution in [-0.4, -0.2) is 24.6 Å². The third-order valence-electron chi connectivity index (χ3n) is 4.37. The van der Waals surface area contributed by atoms with Gasteiger partial charge in [0, 0.05) is 10.4 Å². The van der Waals surface area contributed by atoms with Gasteiger partial charge in [-0.15, -0.1) is 11.3 Å². The topological polar surface area (TPSA) is 64.6 Å². The van der Waals surface area contributed by atoms with E-state index in [4.69, 9.17) is 9.47 Å². The van der Waals surface area contributed by atoms with E-state index in [1.54, 1.807) is 24.3 Å². The van der Waals surface area contributed by atoms with Crippen molar-refractivity contribution in [2.24, 2.45) is 0 Å². The Morgan fingerprint density at radius 3 is 2.52 bits per heavy atom. The van der Waals surface area contributed by atoms with Crippen LogP contribution >= 0.6 is 11.3 Å². The van der Waals surface area contributed by atoms with Gasteiger partial charge in [0.2, 0.25) is 0 Å². The van der Waals surface area contributed by atoms with Crippen LogP contribution < -0.4 is 10.1 Å². The lowest BCUT2D eigenvalue weighted by atomic mass is 9.95. The number of aryl methyl sites for hydroxylation is 1. The van der Waals surface area contributed by atoms with E-state index < -0.39 is 0 Å². The molecule has 0 bridgehead atoms. The van der Waals surface area contributed by atoms with Gasteiger partial charge in [-0.3, -0.25) is 4.79 Å². The first-order valence-corrected chi connectivity index (χ1v) is 10.2. The minimum Gasteiger partial charge on any atom is -0.494 e. The summed E-state index contributed by atoms with van der Waals surface area (Å²) in [4.78, 5) is 26.5. The van der Waals surface area contributed by atoms with Crippen LogP contribution in [0.5, 0.6) is 5.75 Å². The summed E-state index contributed by atoms with van der Waals surface area (Å²) in [5, 5.41) is 3.52. The van der Waals surface area contributed by atoms with Gasteiger partial charge in [0.25, 0.3) is 5.91 Å². The summed E-state index contributed by atoms with van der Waals surface area (Å²) in [5.74, 6) is 0.128. The Morgan fingerprint density at radius 2 is 1.85 bits per heavy atom.